The molecule has 7 heteroatoms. The maximum atomic E-state index is 12.6. The summed E-state index contributed by atoms with van der Waals surface area (Å²) in [6.07, 6.45) is 0.200. The van der Waals surface area contributed by atoms with Gasteiger partial charge in [0.1, 0.15) is 0 Å². The predicted octanol–water partition coefficient (Wildman–Crippen LogP) is 4.74. The molecule has 1 N–H and O–H groups in total. The van der Waals surface area contributed by atoms with Gasteiger partial charge in [-0.2, -0.15) is 18.3 Å². The van der Waals surface area contributed by atoms with Crippen molar-refractivity contribution >= 4 is 5.91 Å². The van der Waals surface area contributed by atoms with E-state index in [1.165, 1.54) is 12.1 Å². The van der Waals surface area contributed by atoms with Crippen molar-refractivity contribution in [2.45, 2.75) is 31.9 Å². The highest BCUT2D eigenvalue weighted by Crippen LogP contribution is 2.30. The fourth-order valence-corrected chi connectivity index (χ4v) is 3.03. The fourth-order valence-electron chi connectivity index (χ4n) is 3.03. The SMILES string of the molecule is CC(CC(=O)NCCc1cnn(-c2ccccc2)c1)c1ccc(C(F)(F)F)cc1. The Kier molecular flexibility index (Phi) is 6.36. The third kappa shape index (κ3) is 5.70. The maximum absolute atomic E-state index is 12.6. The van der Waals surface area contributed by atoms with Gasteiger partial charge in [-0.05, 0) is 47.7 Å². The number of carbonyl (C=O) groups is 1. The standard InChI is InChI=1S/C22H22F3N3O/c1-16(18-7-9-19(10-8-18)22(23,24)25)13-21(29)26-12-11-17-14-27-28(15-17)20-5-3-2-4-6-20/h2-10,14-16H,11-13H2,1H3,(H,26,29). The van der Waals surface area contributed by atoms with E-state index >= 15 is 0 Å². The summed E-state index contributed by atoms with van der Waals surface area (Å²) in [6.45, 7) is 2.30. The number of hydrogen-bond acceptors (Lipinski definition) is 2. The van der Waals surface area contributed by atoms with Crippen LogP contribution in [-0.4, -0.2) is 22.2 Å². The van der Waals surface area contributed by atoms with Crippen molar-refractivity contribution in [3.8, 4) is 5.69 Å². The van der Waals surface area contributed by atoms with Crippen molar-refractivity contribution in [3.63, 3.8) is 0 Å². The molecule has 1 atom stereocenters. The predicted molar refractivity (Wildman–Crippen MR) is 105 cm³/mol. The van der Waals surface area contributed by atoms with E-state index in [1.54, 1.807) is 10.9 Å². The molecule has 0 radical (unpaired) electrons. The van der Waals surface area contributed by atoms with Crippen molar-refractivity contribution in [2.24, 2.45) is 0 Å². The molecule has 0 aliphatic heterocycles. The van der Waals surface area contributed by atoms with Gasteiger partial charge in [0.2, 0.25) is 5.91 Å². The van der Waals surface area contributed by atoms with Gasteiger partial charge >= 0.3 is 6.18 Å². The lowest BCUT2D eigenvalue weighted by atomic mass is 9.96. The summed E-state index contributed by atoms with van der Waals surface area (Å²) in [5, 5.41) is 7.18. The van der Waals surface area contributed by atoms with Crippen LogP contribution in [0.25, 0.3) is 5.69 Å². The monoisotopic (exact) mass is 401 g/mol. The minimum Gasteiger partial charge on any atom is -0.356 e. The molecule has 1 unspecified atom stereocenters. The molecule has 3 rings (SSSR count). The van der Waals surface area contributed by atoms with Crippen LogP contribution in [0.3, 0.4) is 0 Å². The number of benzene rings is 2. The highest BCUT2D eigenvalue weighted by molar-refractivity contribution is 5.76. The van der Waals surface area contributed by atoms with Crippen LogP contribution in [-0.2, 0) is 17.4 Å². The number of hydrogen-bond donors (Lipinski definition) is 1. The first-order valence-corrected chi connectivity index (χ1v) is 9.36. The van der Waals surface area contributed by atoms with Crippen molar-refractivity contribution in [1.29, 1.82) is 0 Å². The highest BCUT2D eigenvalue weighted by Gasteiger charge is 2.30. The second-order valence-corrected chi connectivity index (χ2v) is 6.95. The molecule has 29 heavy (non-hydrogen) atoms. The summed E-state index contributed by atoms with van der Waals surface area (Å²) in [6, 6.07) is 14.7. The summed E-state index contributed by atoms with van der Waals surface area (Å²) in [7, 11) is 0. The minimum absolute atomic E-state index is 0.132. The van der Waals surface area contributed by atoms with E-state index in [1.807, 2.05) is 43.5 Å². The number of amides is 1. The van der Waals surface area contributed by atoms with E-state index in [2.05, 4.69) is 10.4 Å². The zero-order chi connectivity index (χ0) is 20.9. The maximum Gasteiger partial charge on any atom is 0.416 e. The Bertz CT molecular complexity index is 934. The molecule has 0 aliphatic rings. The van der Waals surface area contributed by atoms with Crippen LogP contribution >= 0.6 is 0 Å². The number of nitrogens with one attached hydrogen (secondary N) is 1. The number of para-hydroxylation sites is 1. The van der Waals surface area contributed by atoms with Crippen molar-refractivity contribution in [1.82, 2.24) is 15.1 Å². The molecule has 1 amide bonds. The van der Waals surface area contributed by atoms with Crippen LogP contribution in [0.1, 0.15) is 36.0 Å². The van der Waals surface area contributed by atoms with Gasteiger partial charge in [0.15, 0.2) is 0 Å². The van der Waals surface area contributed by atoms with Crippen LogP contribution in [0.5, 0.6) is 0 Å². The molecule has 1 heterocycles. The van der Waals surface area contributed by atoms with E-state index in [4.69, 9.17) is 0 Å². The first kappa shape index (κ1) is 20.6. The molecule has 3 aromatic rings. The normalized spacial score (nSPS) is 12.6. The highest BCUT2D eigenvalue weighted by atomic mass is 19.4. The largest absolute Gasteiger partial charge is 0.416 e. The molecule has 0 aliphatic carbocycles. The zero-order valence-electron chi connectivity index (χ0n) is 16.0. The summed E-state index contributed by atoms with van der Waals surface area (Å²) in [5.74, 6) is -0.300. The number of halogens is 3. The lowest BCUT2D eigenvalue weighted by Crippen LogP contribution is -2.26. The first-order chi connectivity index (χ1) is 13.8. The zero-order valence-corrected chi connectivity index (χ0v) is 16.0. The fraction of sp³-hybridized carbons (Fsp3) is 0.273. The molecule has 1 aromatic heterocycles. The molecule has 0 bridgehead atoms. The number of rotatable bonds is 7. The Morgan fingerprint density at radius 1 is 1.10 bits per heavy atom. The second-order valence-electron chi connectivity index (χ2n) is 6.95. The molecule has 4 nitrogen and oxygen atoms in total. The van der Waals surface area contributed by atoms with Gasteiger partial charge in [-0.3, -0.25) is 4.79 Å². The third-order valence-electron chi connectivity index (χ3n) is 4.69. The molecule has 152 valence electrons. The third-order valence-corrected chi connectivity index (χ3v) is 4.69. The van der Waals surface area contributed by atoms with E-state index < -0.39 is 11.7 Å². The average Bonchev–Trinajstić information content (AvgIpc) is 3.17. The Balaban J connectivity index is 1.46. The summed E-state index contributed by atoms with van der Waals surface area (Å²) >= 11 is 0. The Hall–Kier alpha value is -3.09. The van der Waals surface area contributed by atoms with Crippen LogP contribution in [0.15, 0.2) is 67.0 Å². The van der Waals surface area contributed by atoms with Gasteiger partial charge in [-0.25, -0.2) is 4.68 Å². The molecular formula is C22H22F3N3O. The average molecular weight is 401 g/mol. The van der Waals surface area contributed by atoms with Gasteiger partial charge in [0.05, 0.1) is 17.4 Å². The molecule has 2 aromatic carbocycles. The lowest BCUT2D eigenvalue weighted by molar-refractivity contribution is -0.137. The Labute approximate surface area is 167 Å². The molecule has 0 saturated carbocycles. The van der Waals surface area contributed by atoms with Crippen LogP contribution in [0.4, 0.5) is 13.2 Å². The van der Waals surface area contributed by atoms with Crippen LogP contribution in [0, 0.1) is 0 Å². The van der Waals surface area contributed by atoms with Crippen molar-refractivity contribution in [2.75, 3.05) is 6.54 Å². The van der Waals surface area contributed by atoms with Gasteiger partial charge in [-0.1, -0.05) is 37.3 Å². The Morgan fingerprint density at radius 2 is 1.79 bits per heavy atom. The van der Waals surface area contributed by atoms with Gasteiger partial charge in [0, 0.05) is 19.2 Å². The number of aromatic nitrogens is 2. The quantitative estimate of drug-likeness (QED) is 0.621. The molecule has 0 saturated heterocycles. The molecule has 0 fully saturated rings. The van der Waals surface area contributed by atoms with Crippen LogP contribution in [0.2, 0.25) is 0 Å². The smallest absolute Gasteiger partial charge is 0.356 e. The molecule has 0 spiro atoms. The van der Waals surface area contributed by atoms with Gasteiger partial charge in [0.25, 0.3) is 0 Å². The number of nitrogens with zero attached hydrogens (tertiary/aromatic N) is 2. The topological polar surface area (TPSA) is 46.9 Å². The van der Waals surface area contributed by atoms with Gasteiger partial charge in [-0.15, -0.1) is 0 Å². The first-order valence-electron chi connectivity index (χ1n) is 9.36. The molecular weight excluding hydrogens is 379 g/mol. The van der Waals surface area contributed by atoms with Gasteiger partial charge < -0.3 is 5.32 Å². The van der Waals surface area contributed by atoms with Crippen molar-refractivity contribution in [3.05, 3.63) is 83.7 Å². The lowest BCUT2D eigenvalue weighted by Gasteiger charge is -2.13. The summed E-state index contributed by atoms with van der Waals surface area (Å²) in [4.78, 5) is 12.2. The van der Waals surface area contributed by atoms with E-state index in [-0.39, 0.29) is 18.2 Å². The van der Waals surface area contributed by atoms with Crippen molar-refractivity contribution < 1.29 is 18.0 Å². The number of alkyl halides is 3. The second kappa shape index (κ2) is 8.94. The van der Waals surface area contributed by atoms with E-state index in [0.717, 1.165) is 23.4 Å². The Morgan fingerprint density at radius 3 is 2.45 bits per heavy atom. The minimum atomic E-state index is -4.35. The van der Waals surface area contributed by atoms with E-state index in [9.17, 15) is 18.0 Å². The van der Waals surface area contributed by atoms with Crippen LogP contribution < -0.4 is 5.32 Å². The summed E-state index contributed by atoms with van der Waals surface area (Å²) in [5.41, 5.74) is 1.99. The van der Waals surface area contributed by atoms with E-state index in [0.29, 0.717) is 18.5 Å². The number of carbonyl (C=O) groups excluding carboxylic acids is 1. The summed E-state index contributed by atoms with van der Waals surface area (Å²) < 4.78 is 39.7.